The second-order valence-corrected chi connectivity index (χ2v) is 5.50. The Labute approximate surface area is 128 Å². The number of amides is 2. The Hall–Kier alpha value is -2.06. The molecule has 0 saturated carbocycles. The lowest BCUT2D eigenvalue weighted by molar-refractivity contribution is -0.140. The number of carbonyl (C=O) groups is 2. The number of nitrogens with one attached hydrogen (secondary N) is 1. The van der Waals surface area contributed by atoms with E-state index in [1.54, 1.807) is 18.2 Å². The van der Waals surface area contributed by atoms with Crippen LogP contribution in [0.2, 0.25) is 5.02 Å². The van der Waals surface area contributed by atoms with Gasteiger partial charge in [0.2, 0.25) is 5.91 Å². The molecule has 1 aliphatic heterocycles. The van der Waals surface area contributed by atoms with E-state index in [0.717, 1.165) is 0 Å². The van der Waals surface area contributed by atoms with Gasteiger partial charge in [-0.05, 0) is 31.5 Å². The van der Waals surface area contributed by atoms with Crippen LogP contribution in [-0.2, 0) is 9.59 Å². The number of halogens is 1. The normalized spacial score (nSPS) is 19.5. The highest BCUT2D eigenvalue weighted by molar-refractivity contribution is 6.30. The Bertz CT molecular complexity index is 624. The molecule has 1 fully saturated rings. The SMILES string of the molecule is CCC(C)N1C(=O)CC(Nc2cc(Cl)ccc2C#N)C1=O. The fourth-order valence-electron chi connectivity index (χ4n) is 2.33. The third-order valence-corrected chi connectivity index (χ3v) is 3.88. The zero-order valence-electron chi connectivity index (χ0n) is 11.9. The second kappa shape index (κ2) is 6.15. The maximum atomic E-state index is 12.3. The first-order valence-corrected chi connectivity index (χ1v) is 7.17. The van der Waals surface area contributed by atoms with E-state index in [-0.39, 0.29) is 24.3 Å². The first-order chi connectivity index (χ1) is 9.97. The van der Waals surface area contributed by atoms with Crippen LogP contribution in [-0.4, -0.2) is 28.8 Å². The monoisotopic (exact) mass is 305 g/mol. The van der Waals surface area contributed by atoms with Gasteiger partial charge in [0.15, 0.2) is 0 Å². The molecule has 1 heterocycles. The number of rotatable bonds is 4. The molecule has 0 aliphatic carbocycles. The summed E-state index contributed by atoms with van der Waals surface area (Å²) < 4.78 is 0. The largest absolute Gasteiger partial charge is 0.372 e. The molecule has 0 aromatic heterocycles. The number of hydrogen-bond donors (Lipinski definition) is 1. The van der Waals surface area contributed by atoms with E-state index in [2.05, 4.69) is 5.32 Å². The summed E-state index contributed by atoms with van der Waals surface area (Å²) in [6.07, 6.45) is 0.811. The first-order valence-electron chi connectivity index (χ1n) is 6.80. The molecule has 6 heteroatoms. The smallest absolute Gasteiger partial charge is 0.252 e. The zero-order chi connectivity index (χ0) is 15.6. The molecule has 1 N–H and O–H groups in total. The van der Waals surface area contributed by atoms with Crippen LogP contribution in [0.1, 0.15) is 32.3 Å². The van der Waals surface area contributed by atoms with Gasteiger partial charge in [0.05, 0.1) is 17.7 Å². The van der Waals surface area contributed by atoms with Crippen molar-refractivity contribution in [3.8, 4) is 6.07 Å². The van der Waals surface area contributed by atoms with Crippen molar-refractivity contribution in [3.63, 3.8) is 0 Å². The van der Waals surface area contributed by atoms with E-state index in [4.69, 9.17) is 16.9 Å². The topological polar surface area (TPSA) is 73.2 Å². The van der Waals surface area contributed by atoms with Crippen molar-refractivity contribution in [2.75, 3.05) is 5.32 Å². The predicted molar refractivity (Wildman–Crippen MR) is 79.8 cm³/mol. The van der Waals surface area contributed by atoms with Gasteiger partial charge in [-0.3, -0.25) is 14.5 Å². The van der Waals surface area contributed by atoms with Gasteiger partial charge in [0.1, 0.15) is 12.1 Å². The molecule has 21 heavy (non-hydrogen) atoms. The Balaban J connectivity index is 2.22. The minimum Gasteiger partial charge on any atom is -0.372 e. The molecule has 1 saturated heterocycles. The number of carbonyl (C=O) groups excluding carboxylic acids is 2. The number of nitrogens with zero attached hydrogens (tertiary/aromatic N) is 2. The molecule has 1 aromatic rings. The van der Waals surface area contributed by atoms with Crippen molar-refractivity contribution in [3.05, 3.63) is 28.8 Å². The number of benzene rings is 1. The number of imide groups is 1. The van der Waals surface area contributed by atoms with Crippen LogP contribution < -0.4 is 5.32 Å². The summed E-state index contributed by atoms with van der Waals surface area (Å²) in [5.74, 6) is -0.439. The molecule has 2 amide bonds. The Morgan fingerprint density at radius 1 is 1.52 bits per heavy atom. The molecule has 0 radical (unpaired) electrons. The summed E-state index contributed by atoms with van der Waals surface area (Å²) in [7, 11) is 0. The zero-order valence-corrected chi connectivity index (χ0v) is 12.6. The third kappa shape index (κ3) is 3.01. The minimum absolute atomic E-state index is 0.0978. The Morgan fingerprint density at radius 2 is 2.24 bits per heavy atom. The van der Waals surface area contributed by atoms with Gasteiger partial charge >= 0.3 is 0 Å². The van der Waals surface area contributed by atoms with Crippen LogP contribution in [0.25, 0.3) is 0 Å². The molecule has 0 bridgehead atoms. The highest BCUT2D eigenvalue weighted by Crippen LogP contribution is 2.25. The van der Waals surface area contributed by atoms with Crippen LogP contribution in [0, 0.1) is 11.3 Å². The lowest BCUT2D eigenvalue weighted by Gasteiger charge is -2.22. The maximum Gasteiger partial charge on any atom is 0.252 e. The average Bonchev–Trinajstić information content (AvgIpc) is 2.73. The predicted octanol–water partition coefficient (Wildman–Crippen LogP) is 2.55. The van der Waals surface area contributed by atoms with Gasteiger partial charge in [-0.2, -0.15) is 5.26 Å². The fourth-order valence-corrected chi connectivity index (χ4v) is 2.50. The molecule has 2 rings (SSSR count). The van der Waals surface area contributed by atoms with Crippen molar-refractivity contribution >= 4 is 29.1 Å². The summed E-state index contributed by atoms with van der Waals surface area (Å²) in [5.41, 5.74) is 0.865. The average molecular weight is 306 g/mol. The van der Waals surface area contributed by atoms with Crippen molar-refractivity contribution < 1.29 is 9.59 Å². The quantitative estimate of drug-likeness (QED) is 0.868. The minimum atomic E-state index is -0.642. The van der Waals surface area contributed by atoms with E-state index in [0.29, 0.717) is 22.7 Å². The standard InChI is InChI=1S/C15H16ClN3O2/c1-3-9(2)19-14(20)7-13(15(19)21)18-12-6-11(16)5-4-10(12)8-17/h4-6,9,13,18H,3,7H2,1-2H3. The molecule has 110 valence electrons. The fraction of sp³-hybridized carbons (Fsp3) is 0.400. The van der Waals surface area contributed by atoms with Crippen LogP contribution in [0.4, 0.5) is 5.69 Å². The molecule has 2 atom stereocenters. The summed E-state index contributed by atoms with van der Waals surface area (Å²) in [5, 5.41) is 12.5. The van der Waals surface area contributed by atoms with Crippen molar-refractivity contribution in [2.45, 2.75) is 38.8 Å². The highest BCUT2D eigenvalue weighted by Gasteiger charge is 2.40. The Kier molecular flexibility index (Phi) is 4.49. The lowest BCUT2D eigenvalue weighted by atomic mass is 10.1. The van der Waals surface area contributed by atoms with E-state index in [1.165, 1.54) is 4.90 Å². The van der Waals surface area contributed by atoms with E-state index >= 15 is 0 Å². The van der Waals surface area contributed by atoms with E-state index < -0.39 is 6.04 Å². The number of likely N-dealkylation sites (tertiary alicyclic amines) is 1. The molecule has 1 aromatic carbocycles. The number of anilines is 1. The molecular weight excluding hydrogens is 290 g/mol. The third-order valence-electron chi connectivity index (χ3n) is 3.65. The van der Waals surface area contributed by atoms with Crippen LogP contribution in [0.15, 0.2) is 18.2 Å². The Morgan fingerprint density at radius 3 is 2.86 bits per heavy atom. The van der Waals surface area contributed by atoms with Gasteiger partial charge in [-0.15, -0.1) is 0 Å². The van der Waals surface area contributed by atoms with Crippen molar-refractivity contribution in [1.29, 1.82) is 5.26 Å². The van der Waals surface area contributed by atoms with Gasteiger partial charge in [-0.1, -0.05) is 18.5 Å². The van der Waals surface area contributed by atoms with Gasteiger partial charge in [0.25, 0.3) is 5.91 Å². The van der Waals surface area contributed by atoms with Gasteiger partial charge in [0, 0.05) is 11.1 Å². The van der Waals surface area contributed by atoms with Crippen molar-refractivity contribution in [1.82, 2.24) is 4.90 Å². The summed E-state index contributed by atoms with van der Waals surface area (Å²) in [6, 6.07) is 6.05. The first kappa shape index (κ1) is 15.3. The summed E-state index contributed by atoms with van der Waals surface area (Å²) in [6.45, 7) is 3.77. The number of nitriles is 1. The molecule has 1 aliphatic rings. The highest BCUT2D eigenvalue weighted by atomic mass is 35.5. The van der Waals surface area contributed by atoms with E-state index in [9.17, 15) is 9.59 Å². The molecular formula is C15H16ClN3O2. The molecule has 0 spiro atoms. The molecule has 2 unspecified atom stereocenters. The van der Waals surface area contributed by atoms with Gasteiger partial charge < -0.3 is 5.32 Å². The van der Waals surface area contributed by atoms with Crippen LogP contribution >= 0.6 is 11.6 Å². The molecule has 5 nitrogen and oxygen atoms in total. The van der Waals surface area contributed by atoms with Crippen molar-refractivity contribution in [2.24, 2.45) is 0 Å². The van der Waals surface area contributed by atoms with Crippen LogP contribution in [0.3, 0.4) is 0 Å². The van der Waals surface area contributed by atoms with E-state index in [1.807, 2.05) is 19.9 Å². The summed E-state index contributed by atoms with van der Waals surface area (Å²) >= 11 is 5.91. The maximum absolute atomic E-state index is 12.3. The summed E-state index contributed by atoms with van der Waals surface area (Å²) in [4.78, 5) is 25.6. The lowest BCUT2D eigenvalue weighted by Crippen LogP contribution is -2.40. The van der Waals surface area contributed by atoms with Gasteiger partial charge in [-0.25, -0.2) is 0 Å². The second-order valence-electron chi connectivity index (χ2n) is 5.06. The number of hydrogen-bond acceptors (Lipinski definition) is 4. The van der Waals surface area contributed by atoms with Crippen LogP contribution in [0.5, 0.6) is 0 Å².